The number of nitrogens with one attached hydrogen (secondary N) is 1. The first-order chi connectivity index (χ1) is 9.16. The summed E-state index contributed by atoms with van der Waals surface area (Å²) in [6.45, 7) is 3.67. The van der Waals surface area contributed by atoms with Crippen LogP contribution in [0.1, 0.15) is 0 Å². The van der Waals surface area contributed by atoms with Crippen molar-refractivity contribution < 1.29 is 0 Å². The van der Waals surface area contributed by atoms with Crippen LogP contribution in [0, 0.1) is 0 Å². The average molecular weight is 279 g/mol. The van der Waals surface area contributed by atoms with Gasteiger partial charge in [-0.25, -0.2) is 4.98 Å². The molecule has 2 aromatic heterocycles. The predicted octanol–water partition coefficient (Wildman–Crippen LogP) is 0.996. The molecule has 0 aliphatic carbocycles. The molecule has 0 unspecified atom stereocenters. The summed E-state index contributed by atoms with van der Waals surface area (Å²) >= 11 is 6.31. The number of hydrogen-bond acceptors (Lipinski definition) is 4. The van der Waals surface area contributed by atoms with E-state index >= 15 is 0 Å². The first-order valence-corrected chi connectivity index (χ1v) is 6.66. The second kappa shape index (κ2) is 4.83. The minimum atomic E-state index is -0.0754. The lowest BCUT2D eigenvalue weighted by Gasteiger charge is -2.28. The molecule has 0 atom stereocenters. The van der Waals surface area contributed by atoms with Gasteiger partial charge in [0.2, 0.25) is 0 Å². The van der Waals surface area contributed by atoms with Gasteiger partial charge in [0.25, 0.3) is 5.56 Å². The summed E-state index contributed by atoms with van der Waals surface area (Å²) in [7, 11) is 1.72. The number of hydrogen-bond donors (Lipinski definition) is 1. The standard InChI is InChI=1S/C13H15ClN4O/c1-17-12(19)3-2-9-10(14)8-11(16-13(9)17)18-6-4-15-5-7-18/h2-3,8,15H,4-7H2,1H3. The molecule has 0 saturated carbocycles. The molecule has 19 heavy (non-hydrogen) atoms. The van der Waals surface area contributed by atoms with E-state index in [2.05, 4.69) is 15.2 Å². The summed E-state index contributed by atoms with van der Waals surface area (Å²) in [6, 6.07) is 5.12. The van der Waals surface area contributed by atoms with E-state index in [4.69, 9.17) is 11.6 Å². The molecule has 2 aromatic rings. The van der Waals surface area contributed by atoms with Crippen LogP contribution in [0.5, 0.6) is 0 Å². The number of piperazine rings is 1. The molecule has 1 aliphatic rings. The van der Waals surface area contributed by atoms with Gasteiger partial charge in [0.05, 0.1) is 5.02 Å². The summed E-state index contributed by atoms with van der Waals surface area (Å²) < 4.78 is 1.53. The van der Waals surface area contributed by atoms with Crippen molar-refractivity contribution in [2.24, 2.45) is 7.05 Å². The number of anilines is 1. The molecule has 1 aliphatic heterocycles. The molecule has 6 heteroatoms. The zero-order valence-corrected chi connectivity index (χ0v) is 11.4. The summed E-state index contributed by atoms with van der Waals surface area (Å²) in [5, 5.41) is 4.74. The fourth-order valence-electron chi connectivity index (χ4n) is 2.34. The highest BCUT2D eigenvalue weighted by molar-refractivity contribution is 6.35. The quantitative estimate of drug-likeness (QED) is 0.845. The van der Waals surface area contributed by atoms with E-state index in [1.54, 1.807) is 13.1 Å². The molecular weight excluding hydrogens is 264 g/mol. The normalized spacial score (nSPS) is 16.0. The highest BCUT2D eigenvalue weighted by atomic mass is 35.5. The summed E-state index contributed by atoms with van der Waals surface area (Å²) in [5.74, 6) is 0.834. The van der Waals surface area contributed by atoms with E-state index in [-0.39, 0.29) is 5.56 Å². The summed E-state index contributed by atoms with van der Waals surface area (Å²) in [5.41, 5.74) is 0.557. The maximum atomic E-state index is 11.7. The van der Waals surface area contributed by atoms with E-state index < -0.39 is 0 Å². The number of rotatable bonds is 1. The molecule has 1 N–H and O–H groups in total. The van der Waals surface area contributed by atoms with Crippen LogP contribution in [0.2, 0.25) is 5.02 Å². The van der Waals surface area contributed by atoms with Crippen molar-refractivity contribution in [2.75, 3.05) is 31.1 Å². The lowest BCUT2D eigenvalue weighted by atomic mass is 10.2. The molecule has 3 heterocycles. The van der Waals surface area contributed by atoms with Gasteiger partial charge in [-0.15, -0.1) is 0 Å². The van der Waals surface area contributed by atoms with Crippen molar-refractivity contribution in [3.63, 3.8) is 0 Å². The Hall–Kier alpha value is -1.59. The predicted molar refractivity (Wildman–Crippen MR) is 77.1 cm³/mol. The van der Waals surface area contributed by atoms with E-state index in [1.807, 2.05) is 6.07 Å². The molecule has 3 rings (SSSR count). The second-order valence-corrected chi connectivity index (χ2v) is 5.07. The van der Waals surface area contributed by atoms with Crippen molar-refractivity contribution in [1.82, 2.24) is 14.9 Å². The molecule has 5 nitrogen and oxygen atoms in total. The van der Waals surface area contributed by atoms with E-state index in [0.717, 1.165) is 37.4 Å². The monoisotopic (exact) mass is 278 g/mol. The molecule has 1 fully saturated rings. The number of pyridine rings is 2. The fraction of sp³-hybridized carbons (Fsp3) is 0.385. The van der Waals surface area contributed by atoms with Gasteiger partial charge in [0.15, 0.2) is 0 Å². The molecule has 0 bridgehead atoms. The van der Waals surface area contributed by atoms with E-state index in [0.29, 0.717) is 10.7 Å². The van der Waals surface area contributed by atoms with Crippen molar-refractivity contribution >= 4 is 28.5 Å². The summed E-state index contributed by atoms with van der Waals surface area (Å²) in [4.78, 5) is 18.5. The van der Waals surface area contributed by atoms with Crippen LogP contribution in [-0.2, 0) is 7.05 Å². The van der Waals surface area contributed by atoms with Crippen LogP contribution in [0.25, 0.3) is 11.0 Å². The molecule has 0 amide bonds. The number of aromatic nitrogens is 2. The lowest BCUT2D eigenvalue weighted by Crippen LogP contribution is -2.44. The molecule has 0 radical (unpaired) electrons. The number of aryl methyl sites for hydroxylation is 1. The molecule has 1 saturated heterocycles. The zero-order chi connectivity index (χ0) is 13.4. The average Bonchev–Trinajstić information content (AvgIpc) is 2.44. The number of halogens is 1. The number of fused-ring (bicyclic) bond motifs is 1. The first kappa shape index (κ1) is 12.4. The topological polar surface area (TPSA) is 50.2 Å². The van der Waals surface area contributed by atoms with Crippen LogP contribution >= 0.6 is 11.6 Å². The lowest BCUT2D eigenvalue weighted by molar-refractivity contribution is 0.585. The Balaban J connectivity index is 2.17. The Morgan fingerprint density at radius 2 is 2.05 bits per heavy atom. The fourth-order valence-corrected chi connectivity index (χ4v) is 2.58. The van der Waals surface area contributed by atoms with Gasteiger partial charge in [-0.3, -0.25) is 9.36 Å². The second-order valence-electron chi connectivity index (χ2n) is 4.67. The molecule has 0 aromatic carbocycles. The highest BCUT2D eigenvalue weighted by Gasteiger charge is 2.15. The van der Waals surface area contributed by atoms with Gasteiger partial charge < -0.3 is 10.2 Å². The maximum absolute atomic E-state index is 11.7. The smallest absolute Gasteiger partial charge is 0.251 e. The van der Waals surface area contributed by atoms with Crippen molar-refractivity contribution in [3.05, 3.63) is 33.6 Å². The third-order valence-electron chi connectivity index (χ3n) is 3.46. The molecule has 0 spiro atoms. The Labute approximate surface area is 115 Å². The summed E-state index contributed by atoms with van der Waals surface area (Å²) in [6.07, 6.45) is 0. The Bertz CT molecular complexity index is 676. The third kappa shape index (κ3) is 2.19. The van der Waals surface area contributed by atoms with Crippen LogP contribution in [0.3, 0.4) is 0 Å². The van der Waals surface area contributed by atoms with Crippen LogP contribution in [-0.4, -0.2) is 35.7 Å². The Morgan fingerprint density at radius 1 is 1.32 bits per heavy atom. The zero-order valence-electron chi connectivity index (χ0n) is 10.7. The maximum Gasteiger partial charge on any atom is 0.251 e. The van der Waals surface area contributed by atoms with Gasteiger partial charge in [0.1, 0.15) is 11.5 Å². The minimum absolute atomic E-state index is 0.0754. The van der Waals surface area contributed by atoms with Crippen molar-refractivity contribution in [2.45, 2.75) is 0 Å². The van der Waals surface area contributed by atoms with Gasteiger partial charge in [-0.1, -0.05) is 11.6 Å². The highest BCUT2D eigenvalue weighted by Crippen LogP contribution is 2.25. The number of nitrogens with zero attached hydrogens (tertiary/aromatic N) is 3. The molecule has 100 valence electrons. The van der Waals surface area contributed by atoms with E-state index in [1.165, 1.54) is 10.6 Å². The van der Waals surface area contributed by atoms with Gasteiger partial charge in [0, 0.05) is 50.7 Å². The third-order valence-corrected chi connectivity index (χ3v) is 3.77. The van der Waals surface area contributed by atoms with Crippen LogP contribution < -0.4 is 15.8 Å². The largest absolute Gasteiger partial charge is 0.354 e. The van der Waals surface area contributed by atoms with Crippen molar-refractivity contribution in [1.29, 1.82) is 0 Å². The first-order valence-electron chi connectivity index (χ1n) is 6.29. The SMILES string of the molecule is Cn1c(=O)ccc2c(Cl)cc(N3CCNCC3)nc21. The van der Waals surface area contributed by atoms with Gasteiger partial charge in [-0.05, 0) is 6.07 Å². The Kier molecular flexibility index (Phi) is 3.16. The van der Waals surface area contributed by atoms with Crippen molar-refractivity contribution in [3.8, 4) is 0 Å². The van der Waals surface area contributed by atoms with Gasteiger partial charge in [-0.2, -0.15) is 0 Å². The van der Waals surface area contributed by atoms with Crippen LogP contribution in [0.4, 0.5) is 5.82 Å². The van der Waals surface area contributed by atoms with E-state index in [9.17, 15) is 4.79 Å². The Morgan fingerprint density at radius 3 is 2.79 bits per heavy atom. The molecular formula is C13H15ClN4O. The van der Waals surface area contributed by atoms with Crippen LogP contribution in [0.15, 0.2) is 23.0 Å². The van der Waals surface area contributed by atoms with Gasteiger partial charge >= 0.3 is 0 Å². The minimum Gasteiger partial charge on any atom is -0.354 e.